The lowest BCUT2D eigenvalue weighted by molar-refractivity contribution is 0.0696. The average molecular weight is 291 g/mol. The summed E-state index contributed by atoms with van der Waals surface area (Å²) in [6, 6.07) is 9.19. The van der Waals surface area contributed by atoms with Gasteiger partial charge in [0.15, 0.2) is 0 Å². The third kappa shape index (κ3) is 3.33. The quantitative estimate of drug-likeness (QED) is 0.911. The van der Waals surface area contributed by atoms with Crippen molar-refractivity contribution in [2.75, 3.05) is 5.32 Å². The molecule has 0 saturated carbocycles. The van der Waals surface area contributed by atoms with Crippen molar-refractivity contribution in [3.8, 4) is 0 Å². The molecule has 6 heteroatoms. The molecule has 1 amide bonds. The van der Waals surface area contributed by atoms with Crippen molar-refractivity contribution >= 4 is 29.2 Å². The summed E-state index contributed by atoms with van der Waals surface area (Å²) in [6.07, 6.45) is 0. The van der Waals surface area contributed by atoms with E-state index < -0.39 is 11.9 Å². The molecule has 0 saturated heterocycles. The number of pyridine rings is 1. The highest BCUT2D eigenvalue weighted by atomic mass is 35.5. The van der Waals surface area contributed by atoms with Crippen LogP contribution in [0.2, 0.25) is 5.02 Å². The number of hydrogen-bond acceptors (Lipinski definition) is 3. The van der Waals surface area contributed by atoms with E-state index in [2.05, 4.69) is 10.3 Å². The van der Waals surface area contributed by atoms with Crippen LogP contribution in [0.4, 0.5) is 5.69 Å². The van der Waals surface area contributed by atoms with E-state index in [4.69, 9.17) is 16.7 Å². The van der Waals surface area contributed by atoms with Gasteiger partial charge in [-0.2, -0.15) is 0 Å². The van der Waals surface area contributed by atoms with Crippen LogP contribution >= 0.6 is 11.6 Å². The molecule has 2 rings (SSSR count). The normalized spacial score (nSPS) is 10.1. The van der Waals surface area contributed by atoms with Crippen LogP contribution in [0.5, 0.6) is 0 Å². The Bertz CT molecular complexity index is 686. The Labute approximate surface area is 120 Å². The second-order valence-corrected chi connectivity index (χ2v) is 4.59. The van der Waals surface area contributed by atoms with Crippen molar-refractivity contribution in [2.45, 2.75) is 6.92 Å². The summed E-state index contributed by atoms with van der Waals surface area (Å²) in [5, 5.41) is 11.7. The number of nitrogens with one attached hydrogen (secondary N) is 1. The maximum absolute atomic E-state index is 12.0. The van der Waals surface area contributed by atoms with E-state index in [0.29, 0.717) is 5.69 Å². The number of halogens is 1. The molecule has 2 aromatic rings. The van der Waals surface area contributed by atoms with Gasteiger partial charge in [0.05, 0.1) is 5.56 Å². The van der Waals surface area contributed by atoms with E-state index in [0.717, 1.165) is 5.69 Å². The highest BCUT2D eigenvalue weighted by molar-refractivity contribution is 6.31. The number of aryl methyl sites for hydroxylation is 1. The number of carbonyl (C=O) groups is 2. The average Bonchev–Trinajstić information content (AvgIpc) is 2.37. The van der Waals surface area contributed by atoms with Crippen LogP contribution in [0.3, 0.4) is 0 Å². The Hall–Kier alpha value is -2.40. The van der Waals surface area contributed by atoms with Crippen LogP contribution in [0, 0.1) is 6.92 Å². The van der Waals surface area contributed by atoms with E-state index in [-0.39, 0.29) is 16.3 Å². The number of carboxylic acid groups (broad SMARTS) is 1. The Balaban J connectivity index is 2.26. The number of aromatic carboxylic acids is 1. The number of rotatable bonds is 3. The van der Waals surface area contributed by atoms with E-state index in [1.165, 1.54) is 18.2 Å². The number of hydrogen-bond donors (Lipinski definition) is 2. The molecule has 0 bridgehead atoms. The number of carbonyl (C=O) groups excluding carboxylic acids is 1. The van der Waals surface area contributed by atoms with Gasteiger partial charge in [-0.15, -0.1) is 0 Å². The maximum Gasteiger partial charge on any atom is 0.335 e. The zero-order valence-electron chi connectivity index (χ0n) is 10.6. The van der Waals surface area contributed by atoms with E-state index in [9.17, 15) is 9.59 Å². The summed E-state index contributed by atoms with van der Waals surface area (Å²) in [5.41, 5.74) is 1.28. The first kappa shape index (κ1) is 14.0. The summed E-state index contributed by atoms with van der Waals surface area (Å²) < 4.78 is 0. The lowest BCUT2D eigenvalue weighted by Gasteiger charge is -2.07. The number of anilines is 1. The molecular formula is C14H11ClN2O3. The lowest BCUT2D eigenvalue weighted by Crippen LogP contribution is -2.14. The Morgan fingerprint density at radius 3 is 2.65 bits per heavy atom. The predicted molar refractivity (Wildman–Crippen MR) is 75.3 cm³/mol. The maximum atomic E-state index is 12.0. The van der Waals surface area contributed by atoms with Crippen molar-refractivity contribution in [3.63, 3.8) is 0 Å². The fourth-order valence-electron chi connectivity index (χ4n) is 1.65. The number of aromatic nitrogens is 1. The van der Waals surface area contributed by atoms with Crippen molar-refractivity contribution in [3.05, 3.63) is 58.4 Å². The molecule has 0 unspecified atom stereocenters. The monoisotopic (exact) mass is 290 g/mol. The van der Waals surface area contributed by atoms with Gasteiger partial charge in [-0.25, -0.2) is 9.78 Å². The zero-order chi connectivity index (χ0) is 14.7. The molecule has 1 heterocycles. The largest absolute Gasteiger partial charge is 0.478 e. The standard InChI is InChI=1S/C14H11ClN2O3/c1-8-3-2-4-12(16-8)13(18)17-11-6-9(14(19)20)5-10(15)7-11/h2-7H,1H3,(H,17,18)(H,19,20). The zero-order valence-corrected chi connectivity index (χ0v) is 11.3. The van der Waals surface area contributed by atoms with Crippen LogP contribution < -0.4 is 5.32 Å². The minimum Gasteiger partial charge on any atom is -0.478 e. The van der Waals surface area contributed by atoms with Crippen molar-refractivity contribution in [2.24, 2.45) is 0 Å². The van der Waals surface area contributed by atoms with Gasteiger partial charge in [0.1, 0.15) is 5.69 Å². The first-order valence-corrected chi connectivity index (χ1v) is 6.12. The van der Waals surface area contributed by atoms with Crippen LogP contribution in [-0.2, 0) is 0 Å². The molecule has 0 aliphatic carbocycles. The van der Waals surface area contributed by atoms with Gasteiger partial charge in [-0.1, -0.05) is 17.7 Å². The Kier molecular flexibility index (Phi) is 4.00. The Morgan fingerprint density at radius 2 is 2.00 bits per heavy atom. The first-order chi connectivity index (χ1) is 9.45. The van der Waals surface area contributed by atoms with Gasteiger partial charge in [0.25, 0.3) is 5.91 Å². The SMILES string of the molecule is Cc1cccc(C(=O)Nc2cc(Cl)cc(C(=O)O)c2)n1. The third-order valence-electron chi connectivity index (χ3n) is 2.52. The molecule has 0 fully saturated rings. The summed E-state index contributed by atoms with van der Waals surface area (Å²) in [5.74, 6) is -1.54. The fraction of sp³-hybridized carbons (Fsp3) is 0.0714. The summed E-state index contributed by atoms with van der Waals surface area (Å²) >= 11 is 5.82. The highest BCUT2D eigenvalue weighted by Gasteiger charge is 2.11. The van der Waals surface area contributed by atoms with E-state index >= 15 is 0 Å². The van der Waals surface area contributed by atoms with Crippen molar-refractivity contribution < 1.29 is 14.7 Å². The van der Waals surface area contributed by atoms with Gasteiger partial charge in [0.2, 0.25) is 0 Å². The van der Waals surface area contributed by atoms with Crippen molar-refractivity contribution in [1.82, 2.24) is 4.98 Å². The van der Waals surface area contributed by atoms with Crippen LogP contribution in [0.25, 0.3) is 0 Å². The van der Waals surface area contributed by atoms with Crippen molar-refractivity contribution in [1.29, 1.82) is 0 Å². The Morgan fingerprint density at radius 1 is 1.25 bits per heavy atom. The molecule has 0 radical (unpaired) electrons. The predicted octanol–water partition coefficient (Wildman–Crippen LogP) is 2.99. The molecule has 0 spiro atoms. The smallest absolute Gasteiger partial charge is 0.335 e. The molecule has 2 N–H and O–H groups in total. The molecule has 5 nitrogen and oxygen atoms in total. The molecule has 0 aliphatic heterocycles. The van der Waals surface area contributed by atoms with Gasteiger partial charge in [-0.3, -0.25) is 4.79 Å². The second-order valence-electron chi connectivity index (χ2n) is 4.15. The molecule has 102 valence electrons. The minimum absolute atomic E-state index is 0.00463. The number of benzene rings is 1. The second kappa shape index (κ2) is 5.71. The van der Waals surface area contributed by atoms with Gasteiger partial charge >= 0.3 is 5.97 Å². The fourth-order valence-corrected chi connectivity index (χ4v) is 1.89. The third-order valence-corrected chi connectivity index (χ3v) is 2.74. The summed E-state index contributed by atoms with van der Waals surface area (Å²) in [7, 11) is 0. The number of amides is 1. The minimum atomic E-state index is -1.11. The van der Waals surface area contributed by atoms with Gasteiger partial charge < -0.3 is 10.4 Å². The molecule has 0 aliphatic rings. The molecule has 1 aromatic heterocycles. The number of nitrogens with zero attached hydrogens (tertiary/aromatic N) is 1. The van der Waals surface area contributed by atoms with Crippen LogP contribution in [-0.4, -0.2) is 22.0 Å². The molecular weight excluding hydrogens is 280 g/mol. The number of carboxylic acids is 1. The topological polar surface area (TPSA) is 79.3 Å². The van der Waals surface area contributed by atoms with E-state index in [1.54, 1.807) is 25.1 Å². The first-order valence-electron chi connectivity index (χ1n) is 5.74. The summed E-state index contributed by atoms with van der Waals surface area (Å²) in [4.78, 5) is 27.0. The lowest BCUT2D eigenvalue weighted by atomic mass is 10.2. The van der Waals surface area contributed by atoms with Crippen LogP contribution in [0.1, 0.15) is 26.5 Å². The highest BCUT2D eigenvalue weighted by Crippen LogP contribution is 2.19. The van der Waals surface area contributed by atoms with Gasteiger partial charge in [-0.05, 0) is 37.3 Å². The van der Waals surface area contributed by atoms with Gasteiger partial charge in [0, 0.05) is 16.4 Å². The van der Waals surface area contributed by atoms with E-state index in [1.807, 2.05) is 0 Å². The molecule has 0 atom stereocenters. The molecule has 20 heavy (non-hydrogen) atoms. The molecule has 1 aromatic carbocycles. The summed E-state index contributed by atoms with van der Waals surface area (Å²) in [6.45, 7) is 1.78. The van der Waals surface area contributed by atoms with Crippen LogP contribution in [0.15, 0.2) is 36.4 Å².